The van der Waals surface area contributed by atoms with Gasteiger partial charge in [0.15, 0.2) is 17.2 Å². The van der Waals surface area contributed by atoms with Gasteiger partial charge < -0.3 is 34.4 Å². The van der Waals surface area contributed by atoms with Gasteiger partial charge in [-0.15, -0.1) is 10.2 Å². The van der Waals surface area contributed by atoms with Crippen molar-refractivity contribution in [1.82, 2.24) is 35.2 Å². The Balaban J connectivity index is 0.875. The number of likely N-dealkylation sites (tertiary alicyclic amines) is 1. The average Bonchev–Trinajstić information content (AvgIpc) is 3.77. The van der Waals surface area contributed by atoms with Gasteiger partial charge in [0.05, 0.1) is 11.7 Å². The van der Waals surface area contributed by atoms with E-state index >= 15 is 0 Å². The van der Waals surface area contributed by atoms with Crippen LogP contribution in [0, 0.1) is 5.92 Å². The van der Waals surface area contributed by atoms with E-state index in [1.807, 2.05) is 50.5 Å². The zero-order valence-corrected chi connectivity index (χ0v) is 29.4. The van der Waals surface area contributed by atoms with Crippen molar-refractivity contribution in [3.05, 3.63) is 71.4 Å². The molecule has 2 atom stereocenters. The summed E-state index contributed by atoms with van der Waals surface area (Å²) in [7, 11) is 0. The minimum Gasteiger partial charge on any atom is -0.507 e. The zero-order valence-electron chi connectivity index (χ0n) is 29.4. The minimum atomic E-state index is -0.879. The molecule has 13 nitrogen and oxygen atoms in total. The molecule has 5 aromatic rings. The van der Waals surface area contributed by atoms with Gasteiger partial charge in [-0.2, -0.15) is 0 Å². The van der Waals surface area contributed by atoms with E-state index in [1.54, 1.807) is 12.1 Å². The number of rotatable bonds is 8. The summed E-state index contributed by atoms with van der Waals surface area (Å²) in [5.74, 6) is 0.900. The predicted octanol–water partition coefficient (Wildman–Crippen LogP) is 5.90. The van der Waals surface area contributed by atoms with Crippen LogP contribution < -0.4 is 9.80 Å². The molecule has 7 heterocycles. The van der Waals surface area contributed by atoms with Gasteiger partial charge in [-0.3, -0.25) is 4.79 Å². The number of fused-ring (bicyclic) bond motifs is 3. The van der Waals surface area contributed by atoms with Crippen molar-refractivity contribution in [3.63, 3.8) is 0 Å². The van der Waals surface area contributed by atoms with Crippen LogP contribution in [-0.4, -0.2) is 90.2 Å². The number of aromatic hydroxyl groups is 1. The molecular formula is C38H45N9O4. The van der Waals surface area contributed by atoms with Crippen LogP contribution in [0.4, 0.5) is 11.8 Å². The number of H-pyrrole nitrogens is 1. The van der Waals surface area contributed by atoms with Gasteiger partial charge >= 0.3 is 5.97 Å². The summed E-state index contributed by atoms with van der Waals surface area (Å²) in [5, 5.41) is 34.1. The van der Waals surface area contributed by atoms with Crippen molar-refractivity contribution in [2.75, 3.05) is 42.5 Å². The van der Waals surface area contributed by atoms with Crippen molar-refractivity contribution in [1.29, 1.82) is 0 Å². The molecule has 8 rings (SSSR count). The van der Waals surface area contributed by atoms with Crippen molar-refractivity contribution < 1.29 is 19.5 Å². The van der Waals surface area contributed by atoms with Crippen molar-refractivity contribution in [2.24, 2.45) is 5.92 Å². The molecule has 0 amide bonds. The number of hydrogen-bond donors (Lipinski definition) is 3. The van der Waals surface area contributed by atoms with E-state index in [1.165, 1.54) is 11.1 Å². The highest BCUT2D eigenvalue weighted by Gasteiger charge is 2.33. The topological polar surface area (TPSA) is 161 Å². The van der Waals surface area contributed by atoms with Gasteiger partial charge in [0.25, 0.3) is 0 Å². The number of carbonyl (C=O) groups is 1. The smallest absolute Gasteiger partial charge is 0.314 e. The Morgan fingerprint density at radius 3 is 2.43 bits per heavy atom. The van der Waals surface area contributed by atoms with Crippen LogP contribution >= 0.6 is 0 Å². The summed E-state index contributed by atoms with van der Waals surface area (Å²) in [4.78, 5) is 32.1. The third-order valence-electron chi connectivity index (χ3n) is 11.3. The van der Waals surface area contributed by atoms with Crippen molar-refractivity contribution >= 4 is 28.8 Å². The van der Waals surface area contributed by atoms with E-state index in [-0.39, 0.29) is 17.7 Å². The summed E-state index contributed by atoms with van der Waals surface area (Å²) in [6.45, 7) is 10.6. The number of nitrogens with one attached hydrogen (secondary N) is 1. The summed E-state index contributed by atoms with van der Waals surface area (Å²) in [5.41, 5.74) is 5.60. The fourth-order valence-corrected chi connectivity index (χ4v) is 8.47. The lowest BCUT2D eigenvalue weighted by Gasteiger charge is -2.41. The highest BCUT2D eigenvalue weighted by atomic mass is 16.5. The van der Waals surface area contributed by atoms with Crippen LogP contribution in [0.25, 0.3) is 22.3 Å². The maximum atomic E-state index is 11.7. The highest BCUT2D eigenvalue weighted by molar-refractivity contribution is 5.86. The molecule has 13 heteroatoms. The number of piperidine rings is 2. The summed E-state index contributed by atoms with van der Waals surface area (Å²) in [6, 6.07) is 11.6. The lowest BCUT2D eigenvalue weighted by atomic mass is 9.89. The first-order chi connectivity index (χ1) is 24.7. The second-order valence-electron chi connectivity index (χ2n) is 14.6. The minimum absolute atomic E-state index is 0.0393. The number of hydrogen-bond acceptors (Lipinski definition) is 11. The van der Waals surface area contributed by atoms with Gasteiger partial charge in [-0.25, -0.2) is 9.97 Å². The zero-order chi connectivity index (χ0) is 35.2. The first-order valence-electron chi connectivity index (χ1n) is 18.2. The lowest BCUT2D eigenvalue weighted by Crippen LogP contribution is -2.47. The Morgan fingerprint density at radius 1 is 0.980 bits per heavy atom. The van der Waals surface area contributed by atoms with Crippen LogP contribution in [0.15, 0.2) is 53.3 Å². The summed E-state index contributed by atoms with van der Waals surface area (Å²) < 4.78 is 5.49. The first kappa shape index (κ1) is 33.1. The van der Waals surface area contributed by atoms with Gasteiger partial charge in [0.2, 0.25) is 5.95 Å². The molecule has 2 saturated heterocycles. The molecule has 2 fully saturated rings. The lowest BCUT2D eigenvalue weighted by molar-refractivity contribution is -0.140. The van der Waals surface area contributed by atoms with E-state index in [4.69, 9.17) is 14.5 Å². The molecule has 3 aliphatic heterocycles. The number of para-hydroxylation sites is 1. The Hall–Kier alpha value is -5.04. The molecule has 0 spiro atoms. The number of carboxylic acid groups (broad SMARTS) is 1. The molecule has 266 valence electrons. The van der Waals surface area contributed by atoms with Gasteiger partial charge in [0, 0.05) is 72.8 Å². The van der Waals surface area contributed by atoms with Crippen LogP contribution in [-0.2, 0) is 11.2 Å². The second-order valence-corrected chi connectivity index (χ2v) is 14.6. The maximum absolute atomic E-state index is 11.7. The number of nitrogens with zero attached hydrogens (tertiary/aromatic N) is 8. The van der Waals surface area contributed by atoms with E-state index in [0.29, 0.717) is 29.0 Å². The molecule has 0 saturated carbocycles. The normalized spacial score (nSPS) is 19.9. The van der Waals surface area contributed by atoms with Crippen LogP contribution in [0.5, 0.6) is 5.75 Å². The molecule has 4 aromatic heterocycles. The molecule has 3 N–H and O–H groups in total. The number of carboxylic acids is 1. The van der Waals surface area contributed by atoms with Gasteiger partial charge in [-0.05, 0) is 81.3 Å². The molecule has 3 aliphatic rings. The van der Waals surface area contributed by atoms with Crippen molar-refractivity contribution in [3.8, 4) is 17.0 Å². The molecule has 0 radical (unpaired) electrons. The molecule has 1 unspecified atom stereocenters. The summed E-state index contributed by atoms with van der Waals surface area (Å²) in [6.07, 6.45) is 9.15. The second kappa shape index (κ2) is 13.6. The Bertz CT molecular complexity index is 2010. The van der Waals surface area contributed by atoms with E-state index < -0.39 is 11.9 Å². The molecule has 1 aromatic carbocycles. The molecular weight excluding hydrogens is 646 g/mol. The molecule has 0 aliphatic carbocycles. The van der Waals surface area contributed by atoms with Crippen LogP contribution in [0.3, 0.4) is 0 Å². The van der Waals surface area contributed by atoms with Gasteiger partial charge in [0.1, 0.15) is 11.7 Å². The standard InChI is InChI=1S/C38H45N9O4/c1-22(2)34(37(49)50)32-19-33(44-51-32)46-15-10-26(11-16-46)45-13-8-24(9-14-45)25-20-39-38(40-21-25)47-17-12-29-35(23(47)3)28-18-30(42-43-36(28)41-29)27-6-4-5-7-31(27)48/h4-7,18-24,26,34,48H,8-17H2,1-3H3,(H,41,43)(H,49,50)/t23-,34?/m0/s1. The first-order valence-corrected chi connectivity index (χ1v) is 18.2. The largest absolute Gasteiger partial charge is 0.507 e. The van der Waals surface area contributed by atoms with Crippen LogP contribution in [0.2, 0.25) is 0 Å². The maximum Gasteiger partial charge on any atom is 0.314 e. The van der Waals surface area contributed by atoms with E-state index in [9.17, 15) is 15.0 Å². The average molecular weight is 692 g/mol. The molecule has 51 heavy (non-hydrogen) atoms. The fraction of sp³-hybridized carbons (Fsp3) is 0.474. The van der Waals surface area contributed by atoms with Crippen LogP contribution in [0.1, 0.15) is 86.9 Å². The highest BCUT2D eigenvalue weighted by Crippen LogP contribution is 2.39. The Kier molecular flexibility index (Phi) is 8.83. The predicted molar refractivity (Wildman–Crippen MR) is 193 cm³/mol. The van der Waals surface area contributed by atoms with Crippen molar-refractivity contribution in [2.45, 2.75) is 76.8 Å². The number of phenols is 1. The third-order valence-corrected chi connectivity index (χ3v) is 11.3. The Morgan fingerprint density at radius 2 is 1.73 bits per heavy atom. The summed E-state index contributed by atoms with van der Waals surface area (Å²) >= 11 is 0. The van der Waals surface area contributed by atoms with E-state index in [2.05, 4.69) is 42.0 Å². The number of benzene rings is 1. The fourth-order valence-electron chi connectivity index (χ4n) is 8.47. The number of aliphatic carboxylic acids is 1. The molecule has 0 bridgehead atoms. The van der Waals surface area contributed by atoms with Gasteiger partial charge in [-0.1, -0.05) is 31.1 Å². The number of phenolic OH excluding ortho intramolecular Hbond substituents is 1. The quantitative estimate of drug-likeness (QED) is 0.177. The third kappa shape index (κ3) is 6.28. The SMILES string of the molecule is CC(C)C(C(=O)O)c1cc(N2CCC(N3CCC(c4cnc(N5CCc6[nH]c7nnc(-c8ccccc8O)cc7c6[C@@H]5C)nc4)CC3)CC2)no1. The number of anilines is 2. The monoisotopic (exact) mass is 691 g/mol. The number of aromatic nitrogens is 6. The Labute approximate surface area is 296 Å². The van der Waals surface area contributed by atoms with E-state index in [0.717, 1.165) is 93.3 Å². The number of aromatic amines is 1.